The molecule has 23 heavy (non-hydrogen) atoms. The molecule has 0 aromatic carbocycles. The van der Waals surface area contributed by atoms with Gasteiger partial charge in [0.15, 0.2) is 5.69 Å². The van der Waals surface area contributed by atoms with E-state index in [2.05, 4.69) is 32.1 Å². The number of anilines is 1. The van der Waals surface area contributed by atoms with Crippen molar-refractivity contribution in [3.05, 3.63) is 35.3 Å². The van der Waals surface area contributed by atoms with Crippen molar-refractivity contribution in [2.75, 3.05) is 25.1 Å². The predicted molar refractivity (Wildman–Crippen MR) is 83.2 cm³/mol. The molecule has 1 saturated carbocycles. The minimum atomic E-state index is -0.478. The monoisotopic (exact) mass is 313 g/mol. The van der Waals surface area contributed by atoms with Crippen molar-refractivity contribution in [1.29, 1.82) is 0 Å². The Morgan fingerprint density at radius 2 is 2.13 bits per heavy atom. The second kappa shape index (κ2) is 5.33. The first-order valence-corrected chi connectivity index (χ1v) is 7.84. The fraction of sp³-hybridized carbons (Fsp3) is 0.500. The Morgan fingerprint density at radius 3 is 2.83 bits per heavy atom. The first kappa shape index (κ1) is 14.2. The Balaban J connectivity index is 1.48. The number of ether oxygens (including phenoxy) is 1. The summed E-state index contributed by atoms with van der Waals surface area (Å²) in [6, 6.07) is 4.16. The van der Waals surface area contributed by atoms with Crippen LogP contribution < -0.4 is 4.90 Å². The molecule has 1 saturated heterocycles. The lowest BCUT2D eigenvalue weighted by atomic mass is 10.2. The van der Waals surface area contributed by atoms with Gasteiger partial charge in [0.25, 0.3) is 0 Å². The topological polar surface area (TPSA) is 73.1 Å². The molecule has 0 amide bonds. The highest BCUT2D eigenvalue weighted by Gasteiger charge is 2.45. The fourth-order valence-electron chi connectivity index (χ4n) is 3.25. The van der Waals surface area contributed by atoms with Gasteiger partial charge >= 0.3 is 5.97 Å². The van der Waals surface area contributed by atoms with Crippen LogP contribution in [0.15, 0.2) is 18.3 Å². The molecule has 2 aromatic rings. The number of aryl methyl sites for hydroxylation is 1. The number of pyridine rings is 1. The highest BCUT2D eigenvalue weighted by molar-refractivity contribution is 5.86. The second-order valence-corrected chi connectivity index (χ2v) is 6.37. The Morgan fingerprint density at radius 1 is 1.35 bits per heavy atom. The summed E-state index contributed by atoms with van der Waals surface area (Å²) >= 11 is 0. The lowest BCUT2D eigenvalue weighted by Crippen LogP contribution is -2.23. The fourth-order valence-corrected chi connectivity index (χ4v) is 3.25. The van der Waals surface area contributed by atoms with Crippen molar-refractivity contribution >= 4 is 11.8 Å². The van der Waals surface area contributed by atoms with Gasteiger partial charge in [-0.1, -0.05) is 11.3 Å². The summed E-state index contributed by atoms with van der Waals surface area (Å²) in [5, 5.41) is 7.78. The van der Waals surface area contributed by atoms with Crippen molar-refractivity contribution in [2.45, 2.75) is 19.9 Å². The quantitative estimate of drug-likeness (QED) is 0.792. The first-order valence-electron chi connectivity index (χ1n) is 7.84. The van der Waals surface area contributed by atoms with Crippen LogP contribution in [0.2, 0.25) is 0 Å². The number of rotatable bonds is 4. The molecule has 0 radical (unpaired) electrons. The third kappa shape index (κ3) is 2.67. The number of aromatic nitrogens is 4. The van der Waals surface area contributed by atoms with Crippen LogP contribution in [0.5, 0.6) is 0 Å². The minimum absolute atomic E-state index is 0.214. The van der Waals surface area contributed by atoms with Gasteiger partial charge in [0.1, 0.15) is 5.82 Å². The summed E-state index contributed by atoms with van der Waals surface area (Å²) < 4.78 is 6.26. The highest BCUT2D eigenvalue weighted by Crippen LogP contribution is 2.45. The molecule has 3 heterocycles. The molecule has 0 spiro atoms. The normalized spacial score (nSPS) is 22.1. The van der Waals surface area contributed by atoms with Gasteiger partial charge in [0.2, 0.25) is 0 Å². The lowest BCUT2D eigenvalue weighted by molar-refractivity contribution is 0.0594. The first-order chi connectivity index (χ1) is 11.1. The van der Waals surface area contributed by atoms with Crippen molar-refractivity contribution in [2.24, 2.45) is 11.8 Å². The summed E-state index contributed by atoms with van der Waals surface area (Å²) in [7, 11) is 1.33. The Hall–Kier alpha value is -2.44. The largest absolute Gasteiger partial charge is 0.464 e. The highest BCUT2D eigenvalue weighted by atomic mass is 16.5. The van der Waals surface area contributed by atoms with E-state index in [1.54, 1.807) is 10.9 Å². The summed E-state index contributed by atoms with van der Waals surface area (Å²) in [6.45, 7) is 4.83. The minimum Gasteiger partial charge on any atom is -0.464 e. The third-order valence-electron chi connectivity index (χ3n) is 4.75. The van der Waals surface area contributed by atoms with Crippen molar-refractivity contribution in [3.63, 3.8) is 0 Å². The maximum Gasteiger partial charge on any atom is 0.360 e. The number of carbonyl (C=O) groups is 1. The average Bonchev–Trinajstić information content (AvgIpc) is 2.98. The molecule has 0 bridgehead atoms. The van der Waals surface area contributed by atoms with Gasteiger partial charge in [-0.25, -0.2) is 14.5 Å². The SMILES string of the molecule is COC(=O)c1cn(Cc2ccc(N3CC4CC4C3)nc2C)nn1. The zero-order chi connectivity index (χ0) is 16.0. The Bertz CT molecular complexity index is 747. The molecular weight excluding hydrogens is 294 g/mol. The van der Waals surface area contributed by atoms with Crippen LogP contribution in [0, 0.1) is 18.8 Å². The van der Waals surface area contributed by atoms with Crippen LogP contribution in [0.25, 0.3) is 0 Å². The summed E-state index contributed by atoms with van der Waals surface area (Å²) in [5.74, 6) is 2.37. The zero-order valence-electron chi connectivity index (χ0n) is 13.3. The van der Waals surface area contributed by atoms with Crippen LogP contribution in [0.3, 0.4) is 0 Å². The standard InChI is InChI=1S/C16H19N5O2/c1-10-11(8-21-9-14(18-19-21)16(22)23-2)3-4-15(17-10)20-6-12-5-13(12)7-20/h3-4,9,12-13H,5-8H2,1-2H3. The van der Waals surface area contributed by atoms with Crippen LogP contribution in [-0.2, 0) is 11.3 Å². The van der Waals surface area contributed by atoms with E-state index in [1.165, 1.54) is 13.5 Å². The van der Waals surface area contributed by atoms with E-state index in [-0.39, 0.29) is 5.69 Å². The molecule has 1 aliphatic carbocycles. The molecule has 7 nitrogen and oxygen atoms in total. The number of nitrogens with zero attached hydrogens (tertiary/aromatic N) is 5. The maximum atomic E-state index is 11.4. The van der Waals surface area contributed by atoms with Crippen LogP contribution in [-0.4, -0.2) is 46.1 Å². The van der Waals surface area contributed by atoms with E-state index in [0.29, 0.717) is 6.54 Å². The van der Waals surface area contributed by atoms with Gasteiger partial charge in [-0.2, -0.15) is 0 Å². The van der Waals surface area contributed by atoms with E-state index >= 15 is 0 Å². The third-order valence-corrected chi connectivity index (χ3v) is 4.75. The molecule has 2 aromatic heterocycles. The summed E-state index contributed by atoms with van der Waals surface area (Å²) in [5.41, 5.74) is 2.27. The van der Waals surface area contributed by atoms with Crippen molar-refractivity contribution in [3.8, 4) is 0 Å². The molecule has 1 aliphatic heterocycles. The summed E-state index contributed by atoms with van der Waals surface area (Å²) in [6.07, 6.45) is 2.98. The molecule has 2 aliphatic rings. The van der Waals surface area contributed by atoms with Crippen LogP contribution >= 0.6 is 0 Å². The lowest BCUT2D eigenvalue weighted by Gasteiger charge is -2.20. The number of piperidine rings is 1. The predicted octanol–water partition coefficient (Wildman–Crippen LogP) is 1.27. The van der Waals surface area contributed by atoms with Gasteiger partial charge in [-0.05, 0) is 36.8 Å². The molecule has 2 atom stereocenters. The van der Waals surface area contributed by atoms with Crippen molar-refractivity contribution in [1.82, 2.24) is 20.0 Å². The van der Waals surface area contributed by atoms with E-state index < -0.39 is 5.97 Å². The number of hydrogen-bond acceptors (Lipinski definition) is 6. The number of carbonyl (C=O) groups excluding carboxylic acids is 1. The molecule has 0 N–H and O–H groups in total. The van der Waals surface area contributed by atoms with Crippen LogP contribution in [0.4, 0.5) is 5.82 Å². The van der Waals surface area contributed by atoms with Gasteiger partial charge in [-0.3, -0.25) is 0 Å². The summed E-state index contributed by atoms with van der Waals surface area (Å²) in [4.78, 5) is 18.5. The van der Waals surface area contributed by atoms with E-state index in [1.807, 2.05) is 6.92 Å². The van der Waals surface area contributed by atoms with Gasteiger partial charge in [-0.15, -0.1) is 5.10 Å². The molecular formula is C16H19N5O2. The molecule has 4 rings (SSSR count). The molecule has 2 fully saturated rings. The van der Waals surface area contributed by atoms with Gasteiger partial charge in [0, 0.05) is 18.8 Å². The Kier molecular flexibility index (Phi) is 3.28. The average molecular weight is 313 g/mol. The molecule has 120 valence electrons. The zero-order valence-corrected chi connectivity index (χ0v) is 13.3. The van der Waals surface area contributed by atoms with E-state index in [9.17, 15) is 4.79 Å². The van der Waals surface area contributed by atoms with Gasteiger partial charge in [0.05, 0.1) is 19.9 Å². The number of hydrogen-bond donors (Lipinski definition) is 0. The molecule has 2 unspecified atom stereocenters. The van der Waals surface area contributed by atoms with Gasteiger partial charge < -0.3 is 9.64 Å². The number of fused-ring (bicyclic) bond motifs is 1. The second-order valence-electron chi connectivity index (χ2n) is 6.37. The van der Waals surface area contributed by atoms with Crippen LogP contribution in [0.1, 0.15) is 28.2 Å². The smallest absolute Gasteiger partial charge is 0.360 e. The van der Waals surface area contributed by atoms with E-state index in [0.717, 1.165) is 42.0 Å². The molecule has 7 heteroatoms. The number of esters is 1. The number of methoxy groups -OCH3 is 1. The van der Waals surface area contributed by atoms with E-state index in [4.69, 9.17) is 4.98 Å². The Labute approximate surface area is 134 Å². The van der Waals surface area contributed by atoms with Crippen molar-refractivity contribution < 1.29 is 9.53 Å². The maximum absolute atomic E-state index is 11.4.